The minimum absolute atomic E-state index is 0.0111. The molecule has 16 heavy (non-hydrogen) atoms. The van der Waals surface area contributed by atoms with Gasteiger partial charge in [-0.15, -0.1) is 0 Å². The van der Waals surface area contributed by atoms with E-state index in [0.29, 0.717) is 12.4 Å². The van der Waals surface area contributed by atoms with Gasteiger partial charge in [0.25, 0.3) is 0 Å². The SMILES string of the molecule is CC=C1/C(=C\C(C)=O)OCC1CC(=O)OC. The second kappa shape index (κ2) is 5.49. The Morgan fingerprint density at radius 1 is 1.56 bits per heavy atom. The van der Waals surface area contributed by atoms with Crippen LogP contribution in [0.2, 0.25) is 0 Å². The number of carbonyl (C=O) groups is 2. The van der Waals surface area contributed by atoms with Crippen molar-refractivity contribution >= 4 is 11.8 Å². The number of methoxy groups -OCH3 is 1. The minimum Gasteiger partial charge on any atom is -0.493 e. The van der Waals surface area contributed by atoms with Gasteiger partial charge in [-0.25, -0.2) is 0 Å². The number of esters is 1. The third-order valence-corrected chi connectivity index (χ3v) is 2.45. The molecule has 0 spiro atoms. The zero-order valence-corrected chi connectivity index (χ0v) is 9.78. The van der Waals surface area contributed by atoms with Crippen LogP contribution in [0.5, 0.6) is 0 Å². The molecule has 4 nitrogen and oxygen atoms in total. The Hall–Kier alpha value is -1.58. The molecule has 1 aliphatic rings. The number of allylic oxidation sites excluding steroid dienone is 3. The van der Waals surface area contributed by atoms with Crippen LogP contribution < -0.4 is 0 Å². The van der Waals surface area contributed by atoms with Gasteiger partial charge < -0.3 is 9.47 Å². The first-order chi connectivity index (χ1) is 7.58. The van der Waals surface area contributed by atoms with E-state index in [0.717, 1.165) is 5.57 Å². The third kappa shape index (κ3) is 2.95. The summed E-state index contributed by atoms with van der Waals surface area (Å²) in [4.78, 5) is 22.1. The molecule has 0 radical (unpaired) electrons. The summed E-state index contributed by atoms with van der Waals surface area (Å²) in [5.41, 5.74) is 0.903. The van der Waals surface area contributed by atoms with Crippen molar-refractivity contribution in [1.82, 2.24) is 0 Å². The summed E-state index contributed by atoms with van der Waals surface area (Å²) in [6, 6.07) is 0. The molecule has 0 aromatic heterocycles. The Morgan fingerprint density at radius 2 is 2.25 bits per heavy atom. The van der Waals surface area contributed by atoms with Crippen LogP contribution in [0.25, 0.3) is 0 Å². The van der Waals surface area contributed by atoms with Crippen LogP contribution in [-0.2, 0) is 19.1 Å². The molecule has 4 heteroatoms. The van der Waals surface area contributed by atoms with Gasteiger partial charge in [0.1, 0.15) is 5.76 Å². The molecule has 1 saturated heterocycles. The number of rotatable bonds is 3. The highest BCUT2D eigenvalue weighted by molar-refractivity contribution is 5.88. The summed E-state index contributed by atoms with van der Waals surface area (Å²) < 4.78 is 10.0. The lowest BCUT2D eigenvalue weighted by molar-refractivity contribution is -0.141. The highest BCUT2D eigenvalue weighted by atomic mass is 16.5. The van der Waals surface area contributed by atoms with Gasteiger partial charge >= 0.3 is 5.97 Å². The van der Waals surface area contributed by atoms with E-state index >= 15 is 0 Å². The van der Waals surface area contributed by atoms with Gasteiger partial charge in [-0.3, -0.25) is 9.59 Å². The highest BCUT2D eigenvalue weighted by Gasteiger charge is 2.29. The van der Waals surface area contributed by atoms with E-state index in [9.17, 15) is 9.59 Å². The number of hydrogen-bond donors (Lipinski definition) is 0. The van der Waals surface area contributed by atoms with E-state index in [1.54, 1.807) is 0 Å². The van der Waals surface area contributed by atoms with Gasteiger partial charge in [-0.1, -0.05) is 6.08 Å². The average Bonchev–Trinajstić information content (AvgIpc) is 2.59. The Bertz CT molecular complexity index is 352. The summed E-state index contributed by atoms with van der Waals surface area (Å²) in [5.74, 6) is 0.233. The second-order valence-electron chi connectivity index (χ2n) is 3.65. The molecule has 0 aromatic rings. The summed E-state index contributed by atoms with van der Waals surface area (Å²) >= 11 is 0. The Labute approximate surface area is 94.9 Å². The molecule has 0 aromatic carbocycles. The predicted molar refractivity (Wildman–Crippen MR) is 58.6 cm³/mol. The average molecular weight is 224 g/mol. The molecule has 1 heterocycles. The molecule has 0 N–H and O–H groups in total. The first-order valence-corrected chi connectivity index (χ1v) is 5.17. The standard InChI is InChI=1S/C12H16O4/c1-4-10-9(6-12(14)15-3)7-16-11(10)5-8(2)13/h4-5,9H,6-7H2,1-3H3/b10-4?,11-5+. The molecule has 0 amide bonds. The molecule has 1 atom stereocenters. The lowest BCUT2D eigenvalue weighted by Gasteiger charge is -2.06. The van der Waals surface area contributed by atoms with Crippen molar-refractivity contribution < 1.29 is 19.1 Å². The topological polar surface area (TPSA) is 52.6 Å². The normalized spacial score (nSPS) is 24.6. The van der Waals surface area contributed by atoms with Crippen molar-refractivity contribution in [3.05, 3.63) is 23.5 Å². The summed E-state index contributed by atoms with van der Waals surface area (Å²) in [5, 5.41) is 0. The van der Waals surface area contributed by atoms with Crippen LogP contribution in [0.4, 0.5) is 0 Å². The summed E-state index contributed by atoms with van der Waals surface area (Å²) in [6.07, 6.45) is 3.60. The van der Waals surface area contributed by atoms with Gasteiger partial charge in [0.15, 0.2) is 5.78 Å². The fraction of sp³-hybridized carbons (Fsp3) is 0.500. The van der Waals surface area contributed by atoms with E-state index in [-0.39, 0.29) is 24.1 Å². The maximum Gasteiger partial charge on any atom is 0.306 e. The van der Waals surface area contributed by atoms with Gasteiger partial charge in [0.05, 0.1) is 20.1 Å². The summed E-state index contributed by atoms with van der Waals surface area (Å²) in [6.45, 7) is 3.76. The van der Waals surface area contributed by atoms with E-state index in [1.165, 1.54) is 20.1 Å². The number of ether oxygens (including phenoxy) is 2. The van der Waals surface area contributed by atoms with Gasteiger partial charge in [-0.2, -0.15) is 0 Å². The van der Waals surface area contributed by atoms with Crippen molar-refractivity contribution in [2.75, 3.05) is 13.7 Å². The van der Waals surface area contributed by atoms with E-state index < -0.39 is 0 Å². The highest BCUT2D eigenvalue weighted by Crippen LogP contribution is 2.32. The molecule has 0 aliphatic carbocycles. The minimum atomic E-state index is -0.267. The molecule has 0 bridgehead atoms. The molecule has 1 aliphatic heterocycles. The van der Waals surface area contributed by atoms with Crippen LogP contribution in [-0.4, -0.2) is 25.5 Å². The third-order valence-electron chi connectivity index (χ3n) is 2.45. The van der Waals surface area contributed by atoms with Gasteiger partial charge in [0, 0.05) is 12.0 Å². The molecule has 1 fully saturated rings. The number of ketones is 1. The van der Waals surface area contributed by atoms with Crippen molar-refractivity contribution in [3.63, 3.8) is 0 Å². The molecular formula is C12H16O4. The molecule has 88 valence electrons. The fourth-order valence-electron chi connectivity index (χ4n) is 1.71. The quantitative estimate of drug-likeness (QED) is 0.540. The Balaban J connectivity index is 2.79. The van der Waals surface area contributed by atoms with Crippen LogP contribution >= 0.6 is 0 Å². The van der Waals surface area contributed by atoms with Crippen LogP contribution in [0.3, 0.4) is 0 Å². The number of carbonyl (C=O) groups excluding carboxylic acids is 2. The lowest BCUT2D eigenvalue weighted by Crippen LogP contribution is -2.11. The van der Waals surface area contributed by atoms with E-state index in [1.807, 2.05) is 13.0 Å². The van der Waals surface area contributed by atoms with Crippen LogP contribution in [0.15, 0.2) is 23.5 Å². The lowest BCUT2D eigenvalue weighted by atomic mass is 9.97. The fourth-order valence-corrected chi connectivity index (χ4v) is 1.71. The van der Waals surface area contributed by atoms with E-state index in [4.69, 9.17) is 4.74 Å². The first-order valence-electron chi connectivity index (χ1n) is 5.17. The van der Waals surface area contributed by atoms with Crippen molar-refractivity contribution in [1.29, 1.82) is 0 Å². The van der Waals surface area contributed by atoms with Crippen molar-refractivity contribution in [2.24, 2.45) is 5.92 Å². The predicted octanol–water partition coefficient (Wildman–Crippen LogP) is 1.62. The maximum absolute atomic E-state index is 11.2. The van der Waals surface area contributed by atoms with E-state index in [2.05, 4.69) is 4.74 Å². The van der Waals surface area contributed by atoms with Gasteiger partial charge in [-0.05, 0) is 19.4 Å². The smallest absolute Gasteiger partial charge is 0.306 e. The largest absolute Gasteiger partial charge is 0.493 e. The van der Waals surface area contributed by atoms with Crippen molar-refractivity contribution in [3.8, 4) is 0 Å². The van der Waals surface area contributed by atoms with Crippen LogP contribution in [0, 0.1) is 5.92 Å². The Morgan fingerprint density at radius 3 is 2.75 bits per heavy atom. The molecule has 0 saturated carbocycles. The summed E-state index contributed by atoms with van der Waals surface area (Å²) in [7, 11) is 1.36. The maximum atomic E-state index is 11.2. The van der Waals surface area contributed by atoms with Crippen LogP contribution in [0.1, 0.15) is 20.3 Å². The Kier molecular flexibility index (Phi) is 4.28. The second-order valence-corrected chi connectivity index (χ2v) is 3.65. The number of hydrogen-bond acceptors (Lipinski definition) is 4. The molecule has 1 rings (SSSR count). The monoisotopic (exact) mass is 224 g/mol. The molecular weight excluding hydrogens is 208 g/mol. The zero-order chi connectivity index (χ0) is 12.1. The van der Waals surface area contributed by atoms with Gasteiger partial charge in [0.2, 0.25) is 0 Å². The zero-order valence-electron chi connectivity index (χ0n) is 9.78. The van der Waals surface area contributed by atoms with Crippen molar-refractivity contribution in [2.45, 2.75) is 20.3 Å². The first kappa shape index (κ1) is 12.5. The molecule has 1 unspecified atom stereocenters.